The van der Waals surface area contributed by atoms with E-state index in [1.54, 1.807) is 25.1 Å². The van der Waals surface area contributed by atoms with E-state index in [1.165, 1.54) is 5.56 Å². The molecule has 1 saturated heterocycles. The third-order valence-electron chi connectivity index (χ3n) is 6.06. The molecule has 1 aromatic heterocycles. The number of hydrogen-bond acceptors (Lipinski definition) is 4. The van der Waals surface area contributed by atoms with Crippen molar-refractivity contribution in [2.24, 2.45) is 0 Å². The monoisotopic (exact) mass is 378 g/mol. The highest BCUT2D eigenvalue weighted by Gasteiger charge is 2.36. The van der Waals surface area contributed by atoms with Gasteiger partial charge in [-0.05, 0) is 30.5 Å². The Hall–Kier alpha value is -2.89. The maximum atomic E-state index is 13.0. The molecular formula is C22H26N4O2. The van der Waals surface area contributed by atoms with Gasteiger partial charge in [0.25, 0.3) is 5.91 Å². The molecule has 1 aromatic carbocycles. The van der Waals surface area contributed by atoms with Crippen molar-refractivity contribution in [3.8, 4) is 0 Å². The number of aromatic nitrogens is 1. The molecule has 3 heterocycles. The number of nitrogens with zero attached hydrogens (tertiary/aromatic N) is 3. The highest BCUT2D eigenvalue weighted by molar-refractivity contribution is 5.95. The first-order valence-electron chi connectivity index (χ1n) is 9.73. The lowest BCUT2D eigenvalue weighted by atomic mass is 9.89. The molecule has 0 aliphatic carbocycles. The molecule has 2 amide bonds. The molecule has 0 radical (unpaired) electrons. The Morgan fingerprint density at radius 1 is 1.29 bits per heavy atom. The minimum atomic E-state index is -0.221. The third kappa shape index (κ3) is 3.23. The van der Waals surface area contributed by atoms with Crippen molar-refractivity contribution in [2.45, 2.75) is 38.3 Å². The summed E-state index contributed by atoms with van der Waals surface area (Å²) in [5.74, 6) is 0.867. The number of nitrogens with one attached hydrogen (secondary N) is 1. The van der Waals surface area contributed by atoms with Crippen molar-refractivity contribution in [2.75, 3.05) is 25.5 Å². The number of amides is 2. The first kappa shape index (κ1) is 18.5. The standard InChI is InChI=1S/C22H26N4O2/c1-15(27)25(3)19-9-10-26(14-19)21(28)17-11-16-12-22(2,24-20(16)23-13-17)18-7-5-4-6-8-18/h4-8,11,13,19H,9-10,12,14H2,1-3H3,(H,23,24)/t19-,22-/m0/s1. The lowest BCUT2D eigenvalue weighted by molar-refractivity contribution is -0.129. The fourth-order valence-electron chi connectivity index (χ4n) is 4.22. The van der Waals surface area contributed by atoms with Crippen molar-refractivity contribution < 1.29 is 9.59 Å². The molecule has 1 fully saturated rings. The first-order chi connectivity index (χ1) is 13.4. The van der Waals surface area contributed by atoms with Crippen LogP contribution in [0.25, 0.3) is 0 Å². The largest absolute Gasteiger partial charge is 0.360 e. The summed E-state index contributed by atoms with van der Waals surface area (Å²) in [5.41, 5.74) is 2.66. The number of likely N-dealkylation sites (N-methyl/N-ethyl adjacent to an activating group) is 1. The number of hydrogen-bond donors (Lipinski definition) is 1. The van der Waals surface area contributed by atoms with Crippen molar-refractivity contribution >= 4 is 17.6 Å². The van der Waals surface area contributed by atoms with Gasteiger partial charge in [0, 0.05) is 39.7 Å². The van der Waals surface area contributed by atoms with Crippen LogP contribution >= 0.6 is 0 Å². The number of rotatable bonds is 3. The quantitative estimate of drug-likeness (QED) is 0.892. The Balaban J connectivity index is 1.50. The molecule has 0 spiro atoms. The van der Waals surface area contributed by atoms with Crippen LogP contribution in [0.2, 0.25) is 0 Å². The van der Waals surface area contributed by atoms with E-state index < -0.39 is 0 Å². The van der Waals surface area contributed by atoms with Gasteiger partial charge in [-0.25, -0.2) is 4.98 Å². The fourth-order valence-corrected chi connectivity index (χ4v) is 4.22. The second kappa shape index (κ2) is 6.93. The summed E-state index contributed by atoms with van der Waals surface area (Å²) in [6.07, 6.45) is 3.26. The van der Waals surface area contributed by atoms with Crippen LogP contribution in [0.1, 0.15) is 41.8 Å². The molecule has 2 aliphatic rings. The molecule has 6 nitrogen and oxygen atoms in total. The Kier molecular flexibility index (Phi) is 4.57. The summed E-state index contributed by atoms with van der Waals surface area (Å²) < 4.78 is 0. The molecule has 2 aliphatic heterocycles. The van der Waals surface area contributed by atoms with Crippen LogP contribution in [0.4, 0.5) is 5.82 Å². The van der Waals surface area contributed by atoms with Crippen LogP contribution in [-0.2, 0) is 16.8 Å². The number of likely N-dealkylation sites (tertiary alicyclic amines) is 1. The topological polar surface area (TPSA) is 65.5 Å². The zero-order chi connectivity index (χ0) is 19.9. The minimum Gasteiger partial charge on any atom is -0.360 e. The van der Waals surface area contributed by atoms with Gasteiger partial charge in [0.05, 0.1) is 17.1 Å². The maximum absolute atomic E-state index is 13.0. The average molecular weight is 378 g/mol. The van der Waals surface area contributed by atoms with E-state index in [-0.39, 0.29) is 23.4 Å². The predicted octanol–water partition coefficient (Wildman–Crippen LogP) is 2.66. The summed E-state index contributed by atoms with van der Waals surface area (Å²) >= 11 is 0. The van der Waals surface area contributed by atoms with E-state index in [2.05, 4.69) is 29.4 Å². The smallest absolute Gasteiger partial charge is 0.255 e. The van der Waals surface area contributed by atoms with E-state index >= 15 is 0 Å². The Labute approximate surface area is 165 Å². The molecule has 2 aromatic rings. The van der Waals surface area contributed by atoms with Gasteiger partial charge < -0.3 is 15.1 Å². The number of anilines is 1. The minimum absolute atomic E-state index is 0.0110. The summed E-state index contributed by atoms with van der Waals surface area (Å²) in [7, 11) is 1.80. The Morgan fingerprint density at radius 3 is 2.75 bits per heavy atom. The molecule has 6 heteroatoms. The third-order valence-corrected chi connectivity index (χ3v) is 6.06. The summed E-state index contributed by atoms with van der Waals surface area (Å²) in [5, 5.41) is 3.52. The molecule has 4 rings (SSSR count). The molecule has 28 heavy (non-hydrogen) atoms. The van der Waals surface area contributed by atoms with Gasteiger partial charge >= 0.3 is 0 Å². The Morgan fingerprint density at radius 2 is 2.04 bits per heavy atom. The molecule has 0 unspecified atom stereocenters. The normalized spacial score (nSPS) is 23.2. The summed E-state index contributed by atoms with van der Waals surface area (Å²) in [6, 6.07) is 12.4. The molecule has 0 saturated carbocycles. The fraction of sp³-hybridized carbons (Fsp3) is 0.409. The van der Waals surface area contributed by atoms with Crippen molar-refractivity contribution in [3.05, 3.63) is 59.3 Å². The lowest BCUT2D eigenvalue weighted by Gasteiger charge is -2.25. The second-order valence-electron chi connectivity index (χ2n) is 8.06. The first-order valence-corrected chi connectivity index (χ1v) is 9.73. The van der Waals surface area contributed by atoms with Gasteiger partial charge in [-0.15, -0.1) is 0 Å². The van der Waals surface area contributed by atoms with E-state index in [9.17, 15) is 9.59 Å². The molecule has 0 bridgehead atoms. The average Bonchev–Trinajstić information content (AvgIpc) is 3.31. The van der Waals surface area contributed by atoms with Crippen LogP contribution < -0.4 is 5.32 Å². The highest BCUT2D eigenvalue weighted by Crippen LogP contribution is 2.38. The van der Waals surface area contributed by atoms with Crippen molar-refractivity contribution in [1.82, 2.24) is 14.8 Å². The van der Waals surface area contributed by atoms with E-state index in [0.717, 1.165) is 24.2 Å². The van der Waals surface area contributed by atoms with E-state index in [0.29, 0.717) is 18.7 Å². The van der Waals surface area contributed by atoms with Crippen LogP contribution in [0.15, 0.2) is 42.6 Å². The molecular weight excluding hydrogens is 352 g/mol. The molecule has 2 atom stereocenters. The van der Waals surface area contributed by atoms with Crippen molar-refractivity contribution in [1.29, 1.82) is 0 Å². The zero-order valence-corrected chi connectivity index (χ0v) is 16.6. The van der Waals surface area contributed by atoms with Gasteiger partial charge in [0.1, 0.15) is 5.82 Å². The van der Waals surface area contributed by atoms with Gasteiger partial charge in [0.2, 0.25) is 5.91 Å². The van der Waals surface area contributed by atoms with E-state index in [1.807, 2.05) is 29.2 Å². The SMILES string of the molecule is CC(=O)N(C)[C@H]1CCN(C(=O)c2cnc3c(c2)C[C@@](C)(c2ccccc2)N3)C1. The van der Waals surface area contributed by atoms with Gasteiger partial charge in [-0.2, -0.15) is 0 Å². The van der Waals surface area contributed by atoms with E-state index in [4.69, 9.17) is 0 Å². The molecule has 146 valence electrons. The van der Waals surface area contributed by atoms with Gasteiger partial charge in [-0.3, -0.25) is 9.59 Å². The van der Waals surface area contributed by atoms with Crippen LogP contribution in [0.5, 0.6) is 0 Å². The number of benzene rings is 1. The van der Waals surface area contributed by atoms with Crippen LogP contribution in [-0.4, -0.2) is 52.8 Å². The number of carbonyl (C=O) groups excluding carboxylic acids is 2. The zero-order valence-electron chi connectivity index (χ0n) is 16.6. The van der Waals surface area contributed by atoms with Crippen LogP contribution in [0.3, 0.4) is 0 Å². The van der Waals surface area contributed by atoms with Crippen molar-refractivity contribution in [3.63, 3.8) is 0 Å². The predicted molar refractivity (Wildman–Crippen MR) is 108 cm³/mol. The number of carbonyl (C=O) groups is 2. The van der Waals surface area contributed by atoms with Gasteiger partial charge in [0.15, 0.2) is 0 Å². The maximum Gasteiger partial charge on any atom is 0.255 e. The summed E-state index contributed by atoms with van der Waals surface area (Å²) in [4.78, 5) is 32.7. The van der Waals surface area contributed by atoms with Crippen LogP contribution in [0, 0.1) is 0 Å². The van der Waals surface area contributed by atoms with Gasteiger partial charge in [-0.1, -0.05) is 30.3 Å². The number of pyridine rings is 1. The second-order valence-corrected chi connectivity index (χ2v) is 8.06. The number of fused-ring (bicyclic) bond motifs is 1. The highest BCUT2D eigenvalue weighted by atomic mass is 16.2. The summed E-state index contributed by atoms with van der Waals surface area (Å²) in [6.45, 7) is 4.96. The lowest BCUT2D eigenvalue weighted by Crippen LogP contribution is -2.38. The molecule has 1 N–H and O–H groups in total. The Bertz CT molecular complexity index is 914.